The van der Waals surface area contributed by atoms with E-state index >= 15 is 8.78 Å². The second-order valence-corrected chi connectivity index (χ2v) is 21.0. The number of rotatable bonds is 21. The Labute approximate surface area is 466 Å². The molecular weight excluding hydrogens is 1110 g/mol. The van der Waals surface area contributed by atoms with Gasteiger partial charge in [0.1, 0.15) is 29.5 Å². The smallest absolute Gasteiger partial charge is 0.407 e. The highest BCUT2D eigenvalue weighted by atomic mass is 19.4. The number of nitrogens with two attached hydrogens (primary N) is 1. The van der Waals surface area contributed by atoms with Crippen LogP contribution in [0.4, 0.5) is 59.3 Å². The molecule has 18 nitrogen and oxygen atoms in total. The zero-order valence-corrected chi connectivity index (χ0v) is 45.4. The van der Waals surface area contributed by atoms with Gasteiger partial charge in [-0.15, -0.1) is 0 Å². The Balaban J connectivity index is 1.31. The molecule has 0 saturated carbocycles. The van der Waals surface area contributed by atoms with Gasteiger partial charge in [-0.2, -0.15) is 26.3 Å². The first-order valence-corrected chi connectivity index (χ1v) is 25.7. The minimum absolute atomic E-state index is 0.273. The molecule has 1 aromatic heterocycles. The molecule has 0 radical (unpaired) electrons. The van der Waals surface area contributed by atoms with Crippen LogP contribution in [0.3, 0.4) is 0 Å². The lowest BCUT2D eigenvalue weighted by atomic mass is 9.82. The summed E-state index contributed by atoms with van der Waals surface area (Å²) in [5.41, 5.74) is 1.46. The monoisotopic (exact) mass is 1170 g/mol. The minimum atomic E-state index is -5.23. The number of methoxy groups -OCH3 is 2. The summed E-state index contributed by atoms with van der Waals surface area (Å²) in [7, 11) is 1.60. The lowest BCUT2D eigenvalue weighted by Crippen LogP contribution is -2.63. The first kappa shape index (κ1) is 64.0. The number of aliphatic imine (C=N–C) groups is 1. The van der Waals surface area contributed by atoms with Gasteiger partial charge in [0.15, 0.2) is 0 Å². The van der Waals surface area contributed by atoms with Gasteiger partial charge in [-0.3, -0.25) is 24.9 Å². The van der Waals surface area contributed by atoms with Crippen LogP contribution in [-0.2, 0) is 36.8 Å². The normalized spacial score (nSPS) is 18.7. The molecule has 6 atom stereocenters. The molecule has 3 saturated heterocycles. The van der Waals surface area contributed by atoms with E-state index in [1.165, 1.54) is 12.1 Å². The van der Waals surface area contributed by atoms with Crippen LogP contribution in [0.1, 0.15) is 68.4 Å². The maximum atomic E-state index is 16.0. The number of piperazine rings is 1. The maximum Gasteiger partial charge on any atom is 0.407 e. The largest absolute Gasteiger partial charge is 0.453 e. The number of halogens is 10. The number of benzene rings is 2. The summed E-state index contributed by atoms with van der Waals surface area (Å²) >= 11 is 0. The van der Waals surface area contributed by atoms with Gasteiger partial charge in [0, 0.05) is 78.6 Å². The molecule has 82 heavy (non-hydrogen) atoms. The first-order valence-electron chi connectivity index (χ1n) is 25.7. The van der Waals surface area contributed by atoms with Crippen molar-refractivity contribution >= 4 is 41.7 Å². The molecule has 448 valence electrons. The van der Waals surface area contributed by atoms with E-state index in [1.807, 2.05) is 22.9 Å². The molecule has 7 N–H and O–H groups in total. The van der Waals surface area contributed by atoms with E-state index in [-0.39, 0.29) is 16.8 Å². The molecule has 3 aliphatic heterocycles. The SMILES string of the molecule is COC(=O)N[C@H](C(=O)N[C@@H](Cc1ccc(C#Cc2ccc(N3CC4CCC(C3)N4C3COC3)nc2)cc1)[C@@H](O)CN(Cc1c(F)cc(/C(N)=C/C=NCC(F)F)cc1F)NC(=O)[C@@H](NC(=O)OC)C(C)(C)C(F)(F)F)C(C)(C)C(F)(F)F. The first-order chi connectivity index (χ1) is 38.4. The van der Waals surface area contributed by atoms with Crippen LogP contribution in [0.15, 0.2) is 65.8 Å². The van der Waals surface area contributed by atoms with Crippen molar-refractivity contribution in [2.75, 3.05) is 58.5 Å². The van der Waals surface area contributed by atoms with Crippen LogP contribution in [-0.4, -0.2) is 165 Å². The Morgan fingerprint density at radius 3 is 1.85 bits per heavy atom. The number of ether oxygens (including phenoxy) is 3. The highest BCUT2D eigenvalue weighted by Crippen LogP contribution is 2.42. The highest BCUT2D eigenvalue weighted by Gasteiger charge is 2.57. The number of hydrogen-bond donors (Lipinski definition) is 6. The van der Waals surface area contributed by atoms with Gasteiger partial charge in [0.05, 0.1) is 63.0 Å². The number of carbonyl (C=O) groups excluding carboxylic acids is 4. The summed E-state index contributed by atoms with van der Waals surface area (Å²) < 4.78 is 159. The van der Waals surface area contributed by atoms with Crippen LogP contribution in [0.25, 0.3) is 5.70 Å². The molecule has 6 rings (SSSR count). The predicted molar refractivity (Wildman–Crippen MR) is 279 cm³/mol. The van der Waals surface area contributed by atoms with Crippen LogP contribution >= 0.6 is 0 Å². The summed E-state index contributed by atoms with van der Waals surface area (Å²) in [6.07, 6.45) is -13.2. The number of carbonyl (C=O) groups is 4. The van der Waals surface area contributed by atoms with Crippen LogP contribution in [0.2, 0.25) is 0 Å². The predicted octanol–water partition coefficient (Wildman–Crippen LogP) is 5.99. The fourth-order valence-electron chi connectivity index (χ4n) is 9.47. The molecule has 28 heteroatoms. The number of hydrazine groups is 1. The van der Waals surface area contributed by atoms with E-state index in [0.717, 1.165) is 71.5 Å². The summed E-state index contributed by atoms with van der Waals surface area (Å²) in [5, 5.41) is 18.5. The van der Waals surface area contributed by atoms with E-state index in [0.29, 0.717) is 74.1 Å². The number of pyridine rings is 1. The van der Waals surface area contributed by atoms with Crippen molar-refractivity contribution in [1.29, 1.82) is 0 Å². The third-order valence-corrected chi connectivity index (χ3v) is 14.6. The number of allylic oxidation sites excluding steroid dienone is 1. The molecule has 2 unspecified atom stereocenters. The van der Waals surface area contributed by atoms with Gasteiger partial charge in [-0.05, 0) is 95.0 Å². The number of alkyl halides is 8. The topological polar surface area (TPSA) is 225 Å². The second-order valence-electron chi connectivity index (χ2n) is 21.0. The lowest BCUT2D eigenvalue weighted by molar-refractivity contribution is -0.221. The van der Waals surface area contributed by atoms with Crippen molar-refractivity contribution in [3.05, 3.63) is 100 Å². The van der Waals surface area contributed by atoms with Crippen molar-refractivity contribution in [1.82, 2.24) is 36.3 Å². The average Bonchev–Trinajstić information content (AvgIpc) is 3.89. The van der Waals surface area contributed by atoms with Crippen LogP contribution in [0, 0.1) is 34.3 Å². The Morgan fingerprint density at radius 1 is 0.829 bits per heavy atom. The lowest BCUT2D eigenvalue weighted by Gasteiger charge is -2.47. The van der Waals surface area contributed by atoms with E-state index < -0.39 is 121 Å². The number of aromatic nitrogens is 1. The number of anilines is 1. The van der Waals surface area contributed by atoms with Crippen molar-refractivity contribution in [2.45, 2.75) is 115 Å². The molecule has 3 fully saturated rings. The fourth-order valence-corrected chi connectivity index (χ4v) is 9.47. The number of hydrogen-bond acceptors (Lipinski definition) is 14. The Hall–Kier alpha value is -7.22. The highest BCUT2D eigenvalue weighted by molar-refractivity contribution is 5.87. The van der Waals surface area contributed by atoms with Crippen LogP contribution in [0.5, 0.6) is 0 Å². The van der Waals surface area contributed by atoms with Gasteiger partial charge < -0.3 is 45.9 Å². The minimum Gasteiger partial charge on any atom is -0.453 e. The molecule has 0 aliphatic carbocycles. The standard InChI is InChI=1S/C54H64F10N10O8/c1-51(2,53(59,60)61)45(69-49(78)80-5)47(76)68-41(19-31-10-7-30(8-11-31)9-12-32-13-16-44(67-22-32)72-24-34-14-15-35(25-72)74(34)36-28-82-29-36)42(75)27-73(71-48(77)46(70-50(79)81-6)52(3,4)54(62,63)64)26-37-38(55)20-33(21-39(37)56)40(65)17-18-66-23-43(57)58/h7-8,10-11,13,16-18,20-22,34-36,41-43,45-46,75H,14-15,19,23-29,65H2,1-6H3,(H,68,76)(H,69,78)(H,70,79)(H,71,77)/b40-17-,66-18?/t34?,35?,41-,42-,45+,46+/m0/s1. The van der Waals surface area contributed by atoms with E-state index in [4.69, 9.17) is 10.5 Å². The van der Waals surface area contributed by atoms with Gasteiger partial charge >= 0.3 is 24.5 Å². The van der Waals surface area contributed by atoms with E-state index in [1.54, 1.807) is 23.6 Å². The zero-order chi connectivity index (χ0) is 60.5. The molecule has 2 aromatic carbocycles. The number of alkyl carbamates (subject to hydrolysis) is 2. The summed E-state index contributed by atoms with van der Waals surface area (Å²) in [6, 6.07) is 5.62. The third kappa shape index (κ3) is 15.9. The molecule has 3 aromatic rings. The van der Waals surface area contributed by atoms with Gasteiger partial charge in [-0.1, -0.05) is 24.0 Å². The molecular formula is C54H64F10N10O8. The zero-order valence-electron chi connectivity index (χ0n) is 45.4. The van der Waals surface area contributed by atoms with Gasteiger partial charge in [-0.25, -0.2) is 37.1 Å². The number of amides is 4. The second kappa shape index (κ2) is 26.8. The van der Waals surface area contributed by atoms with Crippen LogP contribution < -0.4 is 32.0 Å². The molecule has 3 aliphatic rings. The third-order valence-electron chi connectivity index (χ3n) is 14.6. The Bertz CT molecular complexity index is 2820. The molecule has 4 amide bonds. The number of nitrogens with one attached hydrogen (secondary N) is 4. The van der Waals surface area contributed by atoms with Crippen molar-refractivity contribution in [3.8, 4) is 11.8 Å². The summed E-state index contributed by atoms with van der Waals surface area (Å²) in [5.74, 6) is 0.815. The van der Waals surface area contributed by atoms with E-state index in [9.17, 15) is 59.4 Å². The molecule has 2 bridgehead atoms. The Morgan fingerprint density at radius 2 is 1.37 bits per heavy atom. The van der Waals surface area contributed by atoms with Crippen molar-refractivity contribution in [2.24, 2.45) is 21.6 Å². The number of aliphatic hydroxyl groups excluding tert-OH is 1. The average molecular weight is 1170 g/mol. The molecule has 4 heterocycles. The van der Waals surface area contributed by atoms with E-state index in [2.05, 4.69) is 46.4 Å². The van der Waals surface area contributed by atoms with Crippen molar-refractivity contribution in [3.63, 3.8) is 0 Å². The van der Waals surface area contributed by atoms with Crippen molar-refractivity contribution < 1.29 is 82.4 Å². The summed E-state index contributed by atoms with van der Waals surface area (Å²) in [6.45, 7) is 2.26. The Kier molecular flexibility index (Phi) is 20.9. The van der Waals surface area contributed by atoms with Gasteiger partial charge in [0.2, 0.25) is 5.91 Å². The number of fused-ring (bicyclic) bond motifs is 2. The number of nitrogens with zero attached hydrogens (tertiary/aromatic N) is 5. The maximum absolute atomic E-state index is 16.0. The molecule has 0 spiro atoms. The fraction of sp³-hybridized carbons (Fsp3) is 0.519. The quantitative estimate of drug-likeness (QED) is 0.0312. The summed E-state index contributed by atoms with van der Waals surface area (Å²) in [4.78, 5) is 65.8. The van der Waals surface area contributed by atoms with Gasteiger partial charge in [0.25, 0.3) is 12.3 Å². The number of aliphatic hydroxyl groups is 1.